The fourth-order valence-electron chi connectivity index (χ4n) is 1.99. The summed E-state index contributed by atoms with van der Waals surface area (Å²) < 4.78 is 39.1. The lowest BCUT2D eigenvalue weighted by molar-refractivity contribution is -0.136. The summed E-state index contributed by atoms with van der Waals surface area (Å²) in [6.07, 6.45) is -2.06. The van der Waals surface area contributed by atoms with Crippen molar-refractivity contribution in [2.45, 2.75) is 25.9 Å². The van der Waals surface area contributed by atoms with E-state index in [0.717, 1.165) is 12.5 Å². The average Bonchev–Trinajstić information content (AvgIpc) is 2.50. The minimum absolute atomic E-state index is 0.00480. The SMILES string of the molecule is CCCC(=O)Nc1ccc(Nc2ccc(Cl)cc2C(F)(F)F)nc1. The predicted octanol–water partition coefficient (Wildman–Crippen LogP) is 5.24. The molecular weight excluding hydrogens is 343 g/mol. The summed E-state index contributed by atoms with van der Waals surface area (Å²) >= 11 is 5.64. The van der Waals surface area contributed by atoms with Gasteiger partial charge in [0, 0.05) is 11.4 Å². The van der Waals surface area contributed by atoms with E-state index in [2.05, 4.69) is 15.6 Å². The number of nitrogens with one attached hydrogen (secondary N) is 2. The zero-order chi connectivity index (χ0) is 17.7. The number of rotatable bonds is 5. The molecule has 0 saturated carbocycles. The van der Waals surface area contributed by atoms with Crippen LogP contribution in [0.5, 0.6) is 0 Å². The van der Waals surface area contributed by atoms with Gasteiger partial charge in [0.05, 0.1) is 23.1 Å². The number of pyridine rings is 1. The van der Waals surface area contributed by atoms with Gasteiger partial charge in [0.2, 0.25) is 5.91 Å². The Morgan fingerprint density at radius 1 is 1.25 bits per heavy atom. The van der Waals surface area contributed by atoms with Crippen molar-refractivity contribution in [1.82, 2.24) is 4.98 Å². The van der Waals surface area contributed by atoms with Gasteiger partial charge in [-0.15, -0.1) is 0 Å². The Labute approximate surface area is 142 Å². The molecule has 0 saturated heterocycles. The van der Waals surface area contributed by atoms with E-state index in [4.69, 9.17) is 11.6 Å². The van der Waals surface area contributed by atoms with Crippen molar-refractivity contribution in [3.05, 3.63) is 47.1 Å². The lowest BCUT2D eigenvalue weighted by Crippen LogP contribution is -2.11. The van der Waals surface area contributed by atoms with Crippen LogP contribution in [0.15, 0.2) is 36.5 Å². The molecule has 0 aliphatic rings. The summed E-state index contributed by atoms with van der Waals surface area (Å²) in [7, 11) is 0. The van der Waals surface area contributed by atoms with Crippen molar-refractivity contribution in [2.24, 2.45) is 0 Å². The summed E-state index contributed by atoms with van der Waals surface area (Å²) in [6.45, 7) is 1.88. The van der Waals surface area contributed by atoms with Gasteiger partial charge in [-0.1, -0.05) is 18.5 Å². The number of amides is 1. The molecule has 2 rings (SSSR count). The molecule has 1 aromatic carbocycles. The first-order valence-electron chi connectivity index (χ1n) is 7.19. The smallest absolute Gasteiger partial charge is 0.340 e. The van der Waals surface area contributed by atoms with Gasteiger partial charge >= 0.3 is 6.18 Å². The fourth-order valence-corrected chi connectivity index (χ4v) is 2.16. The topological polar surface area (TPSA) is 54.0 Å². The zero-order valence-corrected chi connectivity index (χ0v) is 13.5. The molecule has 2 aromatic rings. The van der Waals surface area contributed by atoms with Gasteiger partial charge in [0.25, 0.3) is 0 Å². The molecule has 2 N–H and O–H groups in total. The summed E-state index contributed by atoms with van der Waals surface area (Å²) in [5, 5.41) is 5.26. The highest BCUT2D eigenvalue weighted by atomic mass is 35.5. The molecule has 0 fully saturated rings. The largest absolute Gasteiger partial charge is 0.418 e. The average molecular weight is 358 g/mol. The van der Waals surface area contributed by atoms with Crippen molar-refractivity contribution in [2.75, 3.05) is 10.6 Å². The van der Waals surface area contributed by atoms with E-state index in [-0.39, 0.29) is 22.4 Å². The molecule has 1 heterocycles. The molecule has 1 amide bonds. The number of halogens is 4. The van der Waals surface area contributed by atoms with Gasteiger partial charge in [0.15, 0.2) is 0 Å². The fraction of sp³-hybridized carbons (Fsp3) is 0.250. The Kier molecular flexibility index (Phi) is 5.66. The van der Waals surface area contributed by atoms with Crippen LogP contribution < -0.4 is 10.6 Å². The number of alkyl halides is 3. The molecule has 128 valence electrons. The number of aromatic nitrogens is 1. The summed E-state index contributed by atoms with van der Waals surface area (Å²) in [5.74, 6) is 0.0772. The first kappa shape index (κ1) is 18.1. The Balaban J connectivity index is 2.16. The number of hydrogen-bond acceptors (Lipinski definition) is 3. The highest BCUT2D eigenvalue weighted by Crippen LogP contribution is 2.37. The lowest BCUT2D eigenvalue weighted by atomic mass is 10.1. The highest BCUT2D eigenvalue weighted by molar-refractivity contribution is 6.30. The summed E-state index contributed by atoms with van der Waals surface area (Å²) in [5.41, 5.74) is -0.551. The number of benzene rings is 1. The molecule has 0 spiro atoms. The predicted molar refractivity (Wildman–Crippen MR) is 87.5 cm³/mol. The molecule has 0 atom stereocenters. The van der Waals surface area contributed by atoms with Crippen LogP contribution in [-0.4, -0.2) is 10.9 Å². The lowest BCUT2D eigenvalue weighted by Gasteiger charge is -2.14. The first-order chi connectivity index (χ1) is 11.3. The Bertz CT molecular complexity index is 717. The second-order valence-electron chi connectivity index (χ2n) is 5.04. The van der Waals surface area contributed by atoms with Crippen molar-refractivity contribution >= 4 is 34.7 Å². The number of carbonyl (C=O) groups excluding carboxylic acids is 1. The van der Waals surface area contributed by atoms with Gasteiger partial charge in [0.1, 0.15) is 5.82 Å². The van der Waals surface area contributed by atoms with Crippen LogP contribution in [0.3, 0.4) is 0 Å². The molecule has 0 unspecified atom stereocenters. The molecule has 0 aliphatic carbocycles. The van der Waals surface area contributed by atoms with Gasteiger partial charge < -0.3 is 10.6 Å². The minimum atomic E-state index is -4.54. The minimum Gasteiger partial charge on any atom is -0.340 e. The van der Waals surface area contributed by atoms with E-state index < -0.39 is 11.7 Å². The first-order valence-corrected chi connectivity index (χ1v) is 7.57. The third-order valence-corrected chi connectivity index (χ3v) is 3.31. The Hall–Kier alpha value is -2.28. The van der Waals surface area contributed by atoms with Crippen LogP contribution in [0.2, 0.25) is 5.02 Å². The number of carbonyl (C=O) groups is 1. The summed E-state index contributed by atoms with van der Waals surface area (Å²) in [6, 6.07) is 6.49. The van der Waals surface area contributed by atoms with Crippen molar-refractivity contribution in [1.29, 1.82) is 0 Å². The maximum absolute atomic E-state index is 13.0. The number of anilines is 3. The molecule has 1 aromatic heterocycles. The monoisotopic (exact) mass is 357 g/mol. The van der Waals surface area contributed by atoms with Gasteiger partial charge in [-0.25, -0.2) is 4.98 Å². The van der Waals surface area contributed by atoms with Gasteiger partial charge in [-0.3, -0.25) is 4.79 Å². The van der Waals surface area contributed by atoms with E-state index >= 15 is 0 Å². The maximum Gasteiger partial charge on any atom is 0.418 e. The van der Waals surface area contributed by atoms with Crippen molar-refractivity contribution in [3.8, 4) is 0 Å². The Morgan fingerprint density at radius 2 is 2.00 bits per heavy atom. The van der Waals surface area contributed by atoms with E-state index in [0.29, 0.717) is 12.1 Å². The highest BCUT2D eigenvalue weighted by Gasteiger charge is 2.33. The Morgan fingerprint density at radius 3 is 2.58 bits per heavy atom. The molecule has 24 heavy (non-hydrogen) atoms. The number of hydrogen-bond donors (Lipinski definition) is 2. The number of nitrogens with zero attached hydrogens (tertiary/aromatic N) is 1. The molecule has 0 bridgehead atoms. The van der Waals surface area contributed by atoms with Crippen LogP contribution >= 0.6 is 11.6 Å². The van der Waals surface area contributed by atoms with E-state index in [1.54, 1.807) is 6.07 Å². The second kappa shape index (κ2) is 7.53. The zero-order valence-electron chi connectivity index (χ0n) is 12.7. The quantitative estimate of drug-likeness (QED) is 0.769. The summed E-state index contributed by atoms with van der Waals surface area (Å²) in [4.78, 5) is 15.5. The third-order valence-electron chi connectivity index (χ3n) is 3.07. The van der Waals surface area contributed by atoms with Gasteiger partial charge in [-0.2, -0.15) is 13.2 Å². The van der Waals surface area contributed by atoms with Crippen LogP contribution in [0.4, 0.5) is 30.4 Å². The molecule has 8 heteroatoms. The van der Waals surface area contributed by atoms with Crippen molar-refractivity contribution < 1.29 is 18.0 Å². The molecule has 0 aliphatic heterocycles. The third kappa shape index (κ3) is 4.86. The van der Waals surface area contributed by atoms with E-state index in [1.807, 2.05) is 6.92 Å². The van der Waals surface area contributed by atoms with Crippen LogP contribution in [0, 0.1) is 0 Å². The molecular formula is C16H15ClF3N3O. The second-order valence-corrected chi connectivity index (χ2v) is 5.48. The molecule has 4 nitrogen and oxygen atoms in total. The van der Waals surface area contributed by atoms with Crippen LogP contribution in [0.25, 0.3) is 0 Å². The van der Waals surface area contributed by atoms with Crippen LogP contribution in [0.1, 0.15) is 25.3 Å². The normalized spacial score (nSPS) is 11.2. The van der Waals surface area contributed by atoms with Gasteiger partial charge in [-0.05, 0) is 36.8 Å². The maximum atomic E-state index is 13.0. The van der Waals surface area contributed by atoms with E-state index in [9.17, 15) is 18.0 Å². The van der Waals surface area contributed by atoms with Crippen molar-refractivity contribution in [3.63, 3.8) is 0 Å². The van der Waals surface area contributed by atoms with Crippen LogP contribution in [-0.2, 0) is 11.0 Å². The molecule has 0 radical (unpaired) electrons. The standard InChI is InChI=1S/C16H15ClF3N3O/c1-2-3-15(24)22-11-5-7-14(21-9-11)23-13-6-4-10(17)8-12(13)16(18,19)20/h4-9H,2-3H2,1H3,(H,21,23)(H,22,24). The van der Waals surface area contributed by atoms with E-state index in [1.165, 1.54) is 24.4 Å².